The average Bonchev–Trinajstić information content (AvgIpc) is 3.32. The van der Waals surface area contributed by atoms with Gasteiger partial charge in [-0.3, -0.25) is 20.1 Å². The zero-order chi connectivity index (χ0) is 18.1. The summed E-state index contributed by atoms with van der Waals surface area (Å²) in [5.41, 5.74) is 7.08. The molecule has 0 bridgehead atoms. The third kappa shape index (κ3) is 3.89. The van der Waals surface area contributed by atoms with Crippen LogP contribution < -0.4 is 15.8 Å². The van der Waals surface area contributed by atoms with E-state index in [9.17, 15) is 9.18 Å². The zero-order valence-corrected chi connectivity index (χ0v) is 16.0. The summed E-state index contributed by atoms with van der Waals surface area (Å²) in [6.07, 6.45) is 7.44. The van der Waals surface area contributed by atoms with Crippen molar-refractivity contribution >= 4 is 40.5 Å². The largest absolute Gasteiger partial charge is 0.298 e. The number of benzene rings is 1. The molecule has 1 aliphatic carbocycles. The molecule has 136 valence electrons. The van der Waals surface area contributed by atoms with Gasteiger partial charge >= 0.3 is 0 Å². The van der Waals surface area contributed by atoms with Gasteiger partial charge in [0, 0.05) is 3.57 Å². The molecule has 1 aromatic carbocycles. The normalized spacial score (nSPS) is 21.2. The smallest absolute Gasteiger partial charge is 0.295 e. The first-order valence-electron chi connectivity index (χ1n) is 8.33. The number of carbonyl (C=O) groups excluding carboxylic acids is 1. The summed E-state index contributed by atoms with van der Waals surface area (Å²) in [5, 5.41) is 1.60. The number of hydroxylamine groups is 1. The lowest BCUT2D eigenvalue weighted by molar-refractivity contribution is -0.694. The molecule has 1 unspecified atom stereocenters. The van der Waals surface area contributed by atoms with Gasteiger partial charge in [-0.2, -0.15) is 0 Å². The molecule has 1 aromatic rings. The number of anilines is 1. The first-order valence-corrected chi connectivity index (χ1v) is 9.40. The van der Waals surface area contributed by atoms with Crippen LogP contribution in [0.3, 0.4) is 0 Å². The van der Waals surface area contributed by atoms with Gasteiger partial charge in [0.05, 0.1) is 18.5 Å². The predicted octanol–water partition coefficient (Wildman–Crippen LogP) is 1.14. The molecule has 2 heterocycles. The fourth-order valence-corrected chi connectivity index (χ4v) is 3.14. The maximum Gasteiger partial charge on any atom is 0.298 e. The van der Waals surface area contributed by atoms with Crippen molar-refractivity contribution in [2.45, 2.75) is 12.8 Å². The van der Waals surface area contributed by atoms with Crippen LogP contribution in [0.5, 0.6) is 0 Å². The minimum Gasteiger partial charge on any atom is -0.295 e. The molecule has 0 aromatic heterocycles. The van der Waals surface area contributed by atoms with E-state index in [1.165, 1.54) is 6.07 Å². The number of quaternary nitrogens is 1. The van der Waals surface area contributed by atoms with Crippen LogP contribution in [0.1, 0.15) is 12.8 Å². The van der Waals surface area contributed by atoms with Gasteiger partial charge in [-0.25, -0.2) is 19.8 Å². The lowest BCUT2D eigenvalue weighted by Gasteiger charge is -2.31. The highest BCUT2D eigenvalue weighted by Crippen LogP contribution is 2.28. The van der Waals surface area contributed by atoms with Crippen molar-refractivity contribution in [1.82, 2.24) is 10.5 Å². The van der Waals surface area contributed by atoms with Crippen molar-refractivity contribution in [3.05, 3.63) is 51.4 Å². The minimum atomic E-state index is -0.381. The quantitative estimate of drug-likeness (QED) is 0.431. The Morgan fingerprint density at radius 2 is 2.31 bits per heavy atom. The molecule has 3 N–H and O–H groups in total. The summed E-state index contributed by atoms with van der Waals surface area (Å²) >= 11 is 2.05. The van der Waals surface area contributed by atoms with E-state index in [4.69, 9.17) is 4.84 Å². The second-order valence-electron chi connectivity index (χ2n) is 6.43. The Morgan fingerprint density at radius 1 is 1.46 bits per heavy atom. The van der Waals surface area contributed by atoms with E-state index in [2.05, 4.69) is 38.5 Å². The number of aliphatic imine (C=N–C) groups is 1. The zero-order valence-electron chi connectivity index (χ0n) is 13.8. The molecule has 9 heteroatoms. The van der Waals surface area contributed by atoms with Crippen LogP contribution in [0.25, 0.3) is 0 Å². The highest BCUT2D eigenvalue weighted by Gasteiger charge is 2.33. The van der Waals surface area contributed by atoms with E-state index in [-0.39, 0.29) is 11.7 Å². The molecule has 1 saturated carbocycles. The van der Waals surface area contributed by atoms with Crippen LogP contribution >= 0.6 is 22.6 Å². The second kappa shape index (κ2) is 7.33. The highest BCUT2D eigenvalue weighted by atomic mass is 127. The number of nitrogens with zero attached hydrogens (tertiary/aromatic N) is 2. The lowest BCUT2D eigenvalue weighted by atomic mass is 10.2. The number of rotatable bonds is 6. The molecular weight excluding hydrogens is 452 g/mol. The predicted molar refractivity (Wildman–Crippen MR) is 102 cm³/mol. The molecule has 3 aliphatic rings. The van der Waals surface area contributed by atoms with Gasteiger partial charge in [-0.05, 0) is 59.5 Å². The molecule has 0 radical (unpaired) electrons. The van der Waals surface area contributed by atoms with Crippen molar-refractivity contribution in [1.29, 1.82) is 0 Å². The molecule has 26 heavy (non-hydrogen) atoms. The number of amides is 1. The van der Waals surface area contributed by atoms with Gasteiger partial charge in [0.1, 0.15) is 18.6 Å². The second-order valence-corrected chi connectivity index (χ2v) is 7.67. The van der Waals surface area contributed by atoms with Crippen LogP contribution in [-0.4, -0.2) is 30.4 Å². The average molecular weight is 470 g/mol. The first kappa shape index (κ1) is 17.4. The number of hydrogen-bond donors (Lipinski definition) is 3. The van der Waals surface area contributed by atoms with E-state index in [1.807, 2.05) is 0 Å². The Morgan fingerprint density at radius 3 is 3.08 bits per heavy atom. The maximum absolute atomic E-state index is 14.2. The number of hydrazine groups is 1. The SMILES string of the molecule is O=C(NOCC1CC1)C1=C[NH+]2C=NC=C2CN1Nc1ccc(I)cc1F. The topological polar surface area (TPSA) is 70.4 Å². The third-order valence-electron chi connectivity index (χ3n) is 4.33. The monoisotopic (exact) mass is 470 g/mol. The Hall–Kier alpha value is -1.98. The molecule has 4 rings (SSSR count). The van der Waals surface area contributed by atoms with Crippen molar-refractivity contribution in [2.75, 3.05) is 18.6 Å². The summed E-state index contributed by atoms with van der Waals surface area (Å²) in [6.45, 7) is 0.907. The molecule has 1 atom stereocenters. The fourth-order valence-electron chi connectivity index (χ4n) is 2.68. The molecule has 2 aliphatic heterocycles. The van der Waals surface area contributed by atoms with Crippen LogP contribution in [-0.2, 0) is 9.63 Å². The Balaban J connectivity index is 1.51. The number of fused-ring (bicyclic) bond motifs is 1. The van der Waals surface area contributed by atoms with Gasteiger partial charge in [-0.15, -0.1) is 0 Å². The highest BCUT2D eigenvalue weighted by molar-refractivity contribution is 14.1. The number of nitrogens with one attached hydrogen (secondary N) is 3. The Labute approximate surface area is 163 Å². The van der Waals surface area contributed by atoms with Gasteiger partial charge < -0.3 is 0 Å². The Bertz CT molecular complexity index is 821. The van der Waals surface area contributed by atoms with Crippen LogP contribution in [0.15, 0.2) is 47.0 Å². The molecule has 0 spiro atoms. The van der Waals surface area contributed by atoms with Crippen LogP contribution in [0, 0.1) is 15.3 Å². The number of halogens is 2. The maximum atomic E-state index is 14.2. The fraction of sp³-hybridized carbons (Fsp3) is 0.294. The molecule has 1 fully saturated rings. The van der Waals surface area contributed by atoms with Gasteiger partial charge in [0.2, 0.25) is 0 Å². The molecule has 0 saturated heterocycles. The number of carbonyl (C=O) groups is 1. The van der Waals surface area contributed by atoms with Gasteiger partial charge in [0.25, 0.3) is 5.91 Å². The molecular formula is C17H18FIN5O2+. The summed E-state index contributed by atoms with van der Waals surface area (Å²) in [6, 6.07) is 4.88. The molecule has 7 nitrogen and oxygen atoms in total. The van der Waals surface area contributed by atoms with E-state index < -0.39 is 0 Å². The van der Waals surface area contributed by atoms with Crippen LogP contribution in [0.2, 0.25) is 0 Å². The minimum absolute atomic E-state index is 0.297. The standard InChI is InChI=1S/C17H17FIN5O2/c18-14-5-12(19)3-4-15(14)21-24-7-13-6-20-10-23(13)8-16(24)17(25)22-26-9-11-1-2-11/h3-6,8,10-11,21H,1-2,7,9H2,(H,22,25)/p+1. The van der Waals surface area contributed by atoms with E-state index in [1.54, 1.807) is 35.9 Å². The van der Waals surface area contributed by atoms with Crippen molar-refractivity contribution in [3.8, 4) is 0 Å². The van der Waals surface area contributed by atoms with Gasteiger partial charge in [0.15, 0.2) is 17.7 Å². The van der Waals surface area contributed by atoms with E-state index in [0.717, 1.165) is 27.0 Å². The van der Waals surface area contributed by atoms with E-state index >= 15 is 0 Å². The lowest BCUT2D eigenvalue weighted by Crippen LogP contribution is -3.05. The summed E-state index contributed by atoms with van der Waals surface area (Å²) in [4.78, 5) is 22.9. The number of hydrogen-bond acceptors (Lipinski definition) is 5. The summed E-state index contributed by atoms with van der Waals surface area (Å²) in [5.74, 6) is -0.222. The van der Waals surface area contributed by atoms with Crippen molar-refractivity contribution in [2.24, 2.45) is 10.9 Å². The third-order valence-corrected chi connectivity index (χ3v) is 5.00. The molecule has 1 amide bonds. The summed E-state index contributed by atoms with van der Waals surface area (Å²) < 4.78 is 15.0. The van der Waals surface area contributed by atoms with E-state index in [0.29, 0.717) is 30.5 Å². The Kier molecular flexibility index (Phi) is 4.92. The summed E-state index contributed by atoms with van der Waals surface area (Å²) in [7, 11) is 0. The first-order chi connectivity index (χ1) is 12.6. The van der Waals surface area contributed by atoms with Gasteiger partial charge in [-0.1, -0.05) is 0 Å². The van der Waals surface area contributed by atoms with Crippen LogP contribution in [0.4, 0.5) is 10.1 Å². The van der Waals surface area contributed by atoms with Crippen molar-refractivity contribution in [3.63, 3.8) is 0 Å². The van der Waals surface area contributed by atoms with Crippen molar-refractivity contribution < 1.29 is 18.9 Å².